The molecule has 0 radical (unpaired) electrons. The monoisotopic (exact) mass is 356 g/mol. The van der Waals surface area contributed by atoms with Crippen molar-refractivity contribution in [1.29, 1.82) is 0 Å². The fourth-order valence-corrected chi connectivity index (χ4v) is 3.92. The maximum Gasteiger partial charge on any atom is 0.272 e. The molecular weight excluding hydrogens is 339 g/mol. The topological polar surface area (TPSA) is 59.8 Å². The zero-order valence-corrected chi connectivity index (χ0v) is 14.6. The Morgan fingerprint density at radius 2 is 2.20 bits per heavy atom. The first-order valence-corrected chi connectivity index (χ1v) is 9.00. The molecule has 7 heteroatoms. The maximum absolute atomic E-state index is 14.2. The average molecular weight is 356 g/mol. The summed E-state index contributed by atoms with van der Waals surface area (Å²) in [4.78, 5) is 17.8. The lowest BCUT2D eigenvalue weighted by molar-refractivity contribution is 0.0945. The van der Waals surface area contributed by atoms with Crippen LogP contribution in [0.3, 0.4) is 0 Å². The van der Waals surface area contributed by atoms with Crippen LogP contribution in [0.15, 0.2) is 30.5 Å². The highest BCUT2D eigenvalue weighted by Crippen LogP contribution is 2.28. The highest BCUT2D eigenvalue weighted by atomic mass is 32.1. The number of thiazole rings is 1. The van der Waals surface area contributed by atoms with Gasteiger partial charge < -0.3 is 5.32 Å². The molecule has 2 aromatic heterocycles. The minimum atomic E-state index is -0.341. The van der Waals surface area contributed by atoms with Gasteiger partial charge >= 0.3 is 0 Å². The number of nitrogens with one attached hydrogen (secondary N) is 1. The lowest BCUT2D eigenvalue weighted by Crippen LogP contribution is -2.24. The number of fused-ring (bicyclic) bond motifs is 1. The van der Waals surface area contributed by atoms with E-state index < -0.39 is 0 Å². The molecular formula is C18H17FN4OS. The number of carbonyl (C=O) groups excluding carboxylic acids is 1. The summed E-state index contributed by atoms with van der Waals surface area (Å²) in [5, 5.41) is 8.30. The van der Waals surface area contributed by atoms with Crippen LogP contribution in [0.4, 0.5) is 4.39 Å². The van der Waals surface area contributed by atoms with Gasteiger partial charge in [0.15, 0.2) is 5.69 Å². The molecule has 0 bridgehead atoms. The first-order chi connectivity index (χ1) is 12.1. The van der Waals surface area contributed by atoms with E-state index in [2.05, 4.69) is 15.4 Å². The Morgan fingerprint density at radius 3 is 2.96 bits per heavy atom. The molecule has 1 aromatic carbocycles. The number of carbonyl (C=O) groups is 1. The van der Waals surface area contributed by atoms with Crippen LogP contribution in [-0.2, 0) is 19.4 Å². The molecule has 1 amide bonds. The van der Waals surface area contributed by atoms with Crippen molar-refractivity contribution < 1.29 is 9.18 Å². The van der Waals surface area contributed by atoms with Crippen LogP contribution >= 0.6 is 11.3 Å². The lowest BCUT2D eigenvalue weighted by Gasteiger charge is -2.06. The van der Waals surface area contributed by atoms with E-state index in [1.54, 1.807) is 40.4 Å². The molecule has 0 saturated carbocycles. The summed E-state index contributed by atoms with van der Waals surface area (Å²) in [5.74, 6) is -0.564. The van der Waals surface area contributed by atoms with E-state index in [0.29, 0.717) is 17.9 Å². The minimum Gasteiger partial charge on any atom is -0.346 e. The molecule has 1 aliphatic rings. The normalized spacial score (nSPS) is 13.0. The summed E-state index contributed by atoms with van der Waals surface area (Å²) in [6.45, 7) is 2.35. The van der Waals surface area contributed by atoms with Gasteiger partial charge in [-0.15, -0.1) is 11.3 Å². The summed E-state index contributed by atoms with van der Waals surface area (Å²) in [6, 6.07) is 6.51. The lowest BCUT2D eigenvalue weighted by atomic mass is 10.2. The second kappa shape index (κ2) is 6.40. The van der Waals surface area contributed by atoms with E-state index in [1.807, 2.05) is 6.92 Å². The number of rotatable bonds is 4. The molecule has 128 valence electrons. The molecule has 0 atom stereocenters. The standard InChI is InChI=1S/C18H17FN4OS/c1-11-20-9-12(25-11)10-21-18(24)17-13-5-4-8-15(13)23(22-17)16-7-3-2-6-14(16)19/h2-3,6-7,9H,4-5,8,10H2,1H3,(H,21,24). The molecule has 4 rings (SSSR count). The van der Waals surface area contributed by atoms with Crippen LogP contribution in [-0.4, -0.2) is 20.7 Å². The Balaban J connectivity index is 1.63. The predicted octanol–water partition coefficient (Wildman–Crippen LogP) is 3.20. The number of para-hydroxylation sites is 1. The van der Waals surface area contributed by atoms with Gasteiger partial charge in [-0.05, 0) is 38.3 Å². The molecule has 0 aliphatic heterocycles. The number of aryl methyl sites for hydroxylation is 1. The van der Waals surface area contributed by atoms with Crippen LogP contribution in [0, 0.1) is 12.7 Å². The van der Waals surface area contributed by atoms with Gasteiger partial charge in [-0.1, -0.05) is 12.1 Å². The molecule has 2 heterocycles. The number of hydrogen-bond donors (Lipinski definition) is 1. The third kappa shape index (κ3) is 2.95. The largest absolute Gasteiger partial charge is 0.346 e. The molecule has 1 aliphatic carbocycles. The van der Waals surface area contributed by atoms with E-state index in [0.717, 1.165) is 40.4 Å². The fraction of sp³-hybridized carbons (Fsp3) is 0.278. The van der Waals surface area contributed by atoms with Gasteiger partial charge in [0.25, 0.3) is 5.91 Å². The average Bonchev–Trinajstić information content (AvgIpc) is 3.30. The van der Waals surface area contributed by atoms with Crippen LogP contribution in [0.5, 0.6) is 0 Å². The molecule has 0 unspecified atom stereocenters. The van der Waals surface area contributed by atoms with Crippen molar-refractivity contribution >= 4 is 17.2 Å². The summed E-state index contributed by atoms with van der Waals surface area (Å²) < 4.78 is 15.7. The summed E-state index contributed by atoms with van der Waals surface area (Å²) in [5.41, 5.74) is 2.65. The molecule has 0 fully saturated rings. The number of amides is 1. The third-order valence-electron chi connectivity index (χ3n) is 4.32. The Labute approximate surface area is 148 Å². The Hall–Kier alpha value is -2.54. The highest BCUT2D eigenvalue weighted by molar-refractivity contribution is 7.11. The Bertz CT molecular complexity index is 946. The quantitative estimate of drug-likeness (QED) is 0.781. The Kier molecular flexibility index (Phi) is 4.09. The van der Waals surface area contributed by atoms with Gasteiger partial charge in [-0.3, -0.25) is 4.79 Å². The van der Waals surface area contributed by atoms with Gasteiger partial charge in [0.1, 0.15) is 11.5 Å². The molecule has 25 heavy (non-hydrogen) atoms. The number of nitrogens with zero attached hydrogens (tertiary/aromatic N) is 3. The van der Waals surface area contributed by atoms with Crippen LogP contribution < -0.4 is 5.32 Å². The van der Waals surface area contributed by atoms with E-state index in [1.165, 1.54) is 6.07 Å². The molecule has 0 saturated heterocycles. The zero-order valence-electron chi connectivity index (χ0n) is 13.8. The number of aromatic nitrogens is 3. The molecule has 0 spiro atoms. The highest BCUT2D eigenvalue weighted by Gasteiger charge is 2.27. The number of hydrogen-bond acceptors (Lipinski definition) is 4. The first-order valence-electron chi connectivity index (χ1n) is 8.18. The van der Waals surface area contributed by atoms with Crippen LogP contribution in [0.25, 0.3) is 5.69 Å². The Morgan fingerprint density at radius 1 is 1.36 bits per heavy atom. The first kappa shape index (κ1) is 16.0. The van der Waals surface area contributed by atoms with Crippen molar-refractivity contribution in [3.63, 3.8) is 0 Å². The minimum absolute atomic E-state index is 0.223. The van der Waals surface area contributed by atoms with Crippen LogP contribution in [0.2, 0.25) is 0 Å². The SMILES string of the molecule is Cc1ncc(CNC(=O)c2nn(-c3ccccc3F)c3c2CCC3)s1. The van der Waals surface area contributed by atoms with E-state index in [4.69, 9.17) is 0 Å². The van der Waals surface area contributed by atoms with Gasteiger partial charge in [0.05, 0.1) is 11.6 Å². The van der Waals surface area contributed by atoms with Gasteiger partial charge in [-0.2, -0.15) is 5.10 Å². The maximum atomic E-state index is 14.2. The number of benzene rings is 1. The summed E-state index contributed by atoms with van der Waals surface area (Å²) in [7, 11) is 0. The van der Waals surface area contributed by atoms with Gasteiger partial charge in [0.2, 0.25) is 0 Å². The van der Waals surface area contributed by atoms with Gasteiger partial charge in [-0.25, -0.2) is 14.1 Å². The molecule has 3 aromatic rings. The number of halogens is 1. The zero-order chi connectivity index (χ0) is 17.4. The van der Waals surface area contributed by atoms with E-state index in [9.17, 15) is 9.18 Å². The summed E-state index contributed by atoms with van der Waals surface area (Å²) >= 11 is 1.55. The smallest absolute Gasteiger partial charge is 0.272 e. The van der Waals surface area contributed by atoms with Crippen molar-refractivity contribution in [2.45, 2.75) is 32.7 Å². The van der Waals surface area contributed by atoms with Crippen molar-refractivity contribution in [3.8, 4) is 5.69 Å². The molecule has 5 nitrogen and oxygen atoms in total. The van der Waals surface area contributed by atoms with Crippen molar-refractivity contribution in [2.75, 3.05) is 0 Å². The predicted molar refractivity (Wildman–Crippen MR) is 93.6 cm³/mol. The third-order valence-corrected chi connectivity index (χ3v) is 5.23. The fourth-order valence-electron chi connectivity index (χ4n) is 3.18. The van der Waals surface area contributed by atoms with Crippen LogP contribution in [0.1, 0.15) is 38.1 Å². The second-order valence-electron chi connectivity index (χ2n) is 6.02. The van der Waals surface area contributed by atoms with E-state index >= 15 is 0 Å². The van der Waals surface area contributed by atoms with Crippen molar-refractivity contribution in [2.24, 2.45) is 0 Å². The second-order valence-corrected chi connectivity index (χ2v) is 7.34. The van der Waals surface area contributed by atoms with Gasteiger partial charge in [0, 0.05) is 22.3 Å². The van der Waals surface area contributed by atoms with E-state index in [-0.39, 0.29) is 11.7 Å². The summed E-state index contributed by atoms with van der Waals surface area (Å²) in [6.07, 6.45) is 4.32. The van der Waals surface area contributed by atoms with Crippen molar-refractivity contribution in [1.82, 2.24) is 20.1 Å². The molecule has 1 N–H and O–H groups in total. The van der Waals surface area contributed by atoms with Crippen molar-refractivity contribution in [3.05, 3.63) is 63.1 Å².